The van der Waals surface area contributed by atoms with Crippen molar-refractivity contribution in [3.63, 3.8) is 0 Å². The molecular formula is C21H20ClF6N3O. The number of carbonyl (C=O) groups excluding carboxylic acids is 1. The van der Waals surface area contributed by atoms with Gasteiger partial charge in [0.1, 0.15) is 5.82 Å². The second-order valence-electron chi connectivity index (χ2n) is 7.69. The molecule has 1 aliphatic carbocycles. The molecule has 1 saturated carbocycles. The first-order valence-electron chi connectivity index (χ1n) is 9.88. The van der Waals surface area contributed by atoms with E-state index >= 15 is 0 Å². The second kappa shape index (κ2) is 9.56. The Morgan fingerprint density at radius 3 is 2.22 bits per heavy atom. The van der Waals surface area contributed by atoms with Crippen LogP contribution in [-0.4, -0.2) is 23.5 Å². The quantitative estimate of drug-likeness (QED) is 0.504. The fraction of sp³-hybridized carbons (Fsp3) is 0.429. The Morgan fingerprint density at radius 2 is 1.59 bits per heavy atom. The molecule has 0 spiro atoms. The highest BCUT2D eigenvalue weighted by atomic mass is 35.5. The number of aromatic nitrogens is 1. The summed E-state index contributed by atoms with van der Waals surface area (Å²) in [5.74, 6) is -0.373. The third kappa shape index (κ3) is 6.27. The predicted molar refractivity (Wildman–Crippen MR) is 107 cm³/mol. The lowest BCUT2D eigenvalue weighted by Crippen LogP contribution is -2.38. The van der Waals surface area contributed by atoms with E-state index in [1.165, 1.54) is 0 Å². The Kier molecular flexibility index (Phi) is 7.22. The third-order valence-electron chi connectivity index (χ3n) is 5.38. The van der Waals surface area contributed by atoms with Crippen LogP contribution in [0.4, 0.5) is 32.2 Å². The number of nitrogens with one attached hydrogen (secondary N) is 2. The van der Waals surface area contributed by atoms with Crippen molar-refractivity contribution in [2.24, 2.45) is 5.92 Å². The molecule has 32 heavy (non-hydrogen) atoms. The molecule has 174 valence electrons. The molecule has 1 heterocycles. The minimum absolute atomic E-state index is 0.0676. The molecule has 0 aliphatic heterocycles. The molecule has 1 amide bonds. The summed E-state index contributed by atoms with van der Waals surface area (Å²) in [6.45, 7) is 0.425. The first-order valence-corrected chi connectivity index (χ1v) is 10.3. The highest BCUT2D eigenvalue weighted by molar-refractivity contribution is 6.33. The van der Waals surface area contributed by atoms with Crippen molar-refractivity contribution in [2.45, 2.75) is 44.1 Å². The number of nitrogens with zero attached hydrogens (tertiary/aromatic N) is 1. The number of benzene rings is 1. The minimum Gasteiger partial charge on any atom is -0.370 e. The largest absolute Gasteiger partial charge is 0.416 e. The first-order chi connectivity index (χ1) is 14.9. The smallest absolute Gasteiger partial charge is 0.370 e. The fourth-order valence-corrected chi connectivity index (χ4v) is 3.81. The summed E-state index contributed by atoms with van der Waals surface area (Å²) in [6, 6.07) is 4.21. The molecule has 0 saturated heterocycles. The van der Waals surface area contributed by atoms with E-state index in [0.29, 0.717) is 32.2 Å². The van der Waals surface area contributed by atoms with E-state index in [0.717, 1.165) is 36.5 Å². The Bertz CT molecular complexity index is 955. The zero-order valence-electron chi connectivity index (χ0n) is 16.7. The summed E-state index contributed by atoms with van der Waals surface area (Å²) < 4.78 is 77.1. The molecule has 1 aromatic heterocycles. The van der Waals surface area contributed by atoms with Crippen molar-refractivity contribution < 1.29 is 31.1 Å². The number of pyridine rings is 1. The maximum absolute atomic E-state index is 12.9. The van der Waals surface area contributed by atoms with Gasteiger partial charge in [-0.2, -0.15) is 26.3 Å². The molecule has 1 aromatic carbocycles. The van der Waals surface area contributed by atoms with Crippen LogP contribution in [0.3, 0.4) is 0 Å². The average molecular weight is 480 g/mol. The molecule has 4 nitrogen and oxygen atoms in total. The number of anilines is 1. The zero-order valence-corrected chi connectivity index (χ0v) is 17.4. The fourth-order valence-electron chi connectivity index (χ4n) is 3.60. The molecule has 1 fully saturated rings. The van der Waals surface area contributed by atoms with Gasteiger partial charge in [0.05, 0.1) is 21.7 Å². The van der Waals surface area contributed by atoms with Gasteiger partial charge in [0.2, 0.25) is 0 Å². The maximum Gasteiger partial charge on any atom is 0.416 e. The van der Waals surface area contributed by atoms with Gasteiger partial charge >= 0.3 is 12.4 Å². The monoisotopic (exact) mass is 479 g/mol. The van der Waals surface area contributed by atoms with E-state index in [-0.39, 0.29) is 28.4 Å². The number of halogens is 7. The summed E-state index contributed by atoms with van der Waals surface area (Å²) in [6.07, 6.45) is -5.39. The lowest BCUT2D eigenvalue weighted by molar-refractivity contribution is -0.138. The summed E-state index contributed by atoms with van der Waals surface area (Å²) in [5.41, 5.74) is -1.97. The van der Waals surface area contributed by atoms with Gasteiger partial charge in [-0.05, 0) is 61.9 Å². The van der Waals surface area contributed by atoms with Gasteiger partial charge in [-0.1, -0.05) is 11.6 Å². The van der Waals surface area contributed by atoms with E-state index in [2.05, 4.69) is 15.6 Å². The van der Waals surface area contributed by atoms with Crippen LogP contribution < -0.4 is 10.6 Å². The number of hydrogen-bond acceptors (Lipinski definition) is 3. The summed E-state index contributed by atoms with van der Waals surface area (Å²) in [7, 11) is 0. The van der Waals surface area contributed by atoms with Gasteiger partial charge in [0, 0.05) is 18.8 Å². The van der Waals surface area contributed by atoms with Crippen molar-refractivity contribution in [3.8, 4) is 0 Å². The lowest BCUT2D eigenvalue weighted by Gasteiger charge is -2.29. The Balaban J connectivity index is 1.51. The maximum atomic E-state index is 12.9. The zero-order chi connectivity index (χ0) is 23.5. The van der Waals surface area contributed by atoms with Gasteiger partial charge in [-0.15, -0.1) is 0 Å². The van der Waals surface area contributed by atoms with Crippen LogP contribution in [0.2, 0.25) is 5.02 Å². The van der Waals surface area contributed by atoms with Crippen molar-refractivity contribution in [3.05, 3.63) is 58.2 Å². The van der Waals surface area contributed by atoms with Crippen molar-refractivity contribution in [2.75, 3.05) is 11.9 Å². The second-order valence-corrected chi connectivity index (χ2v) is 8.10. The van der Waals surface area contributed by atoms with Crippen LogP contribution in [0.25, 0.3) is 0 Å². The molecule has 11 heteroatoms. The normalized spacial score (nSPS) is 19.5. The Hall–Kier alpha value is -2.49. The van der Waals surface area contributed by atoms with E-state index < -0.39 is 29.4 Å². The third-order valence-corrected chi connectivity index (χ3v) is 5.71. The molecule has 3 rings (SSSR count). The van der Waals surface area contributed by atoms with Crippen LogP contribution in [0.1, 0.15) is 47.2 Å². The van der Waals surface area contributed by atoms with Crippen LogP contribution in [0, 0.1) is 5.92 Å². The standard InChI is InChI=1S/C21H20ClF6N3O/c22-17-6-3-13(20(23,24)25)9-16(17)19(32)31-15-4-1-12(2-5-15)11-30-18-10-14(7-8-29-18)21(26,27)28/h3,6-10,12,15H,1-2,4-5,11H2,(H,29,30)(H,31,32). The molecule has 0 atom stereocenters. The summed E-state index contributed by atoms with van der Waals surface area (Å²) in [5, 5.41) is 5.57. The summed E-state index contributed by atoms with van der Waals surface area (Å²) >= 11 is 5.91. The van der Waals surface area contributed by atoms with Crippen LogP contribution in [0.15, 0.2) is 36.5 Å². The highest BCUT2D eigenvalue weighted by Crippen LogP contribution is 2.33. The molecule has 0 radical (unpaired) electrons. The molecular weight excluding hydrogens is 460 g/mol. The Morgan fingerprint density at radius 1 is 0.969 bits per heavy atom. The van der Waals surface area contributed by atoms with E-state index in [1.54, 1.807) is 0 Å². The van der Waals surface area contributed by atoms with Crippen molar-refractivity contribution in [1.82, 2.24) is 10.3 Å². The van der Waals surface area contributed by atoms with Gasteiger partial charge < -0.3 is 10.6 Å². The van der Waals surface area contributed by atoms with Gasteiger partial charge in [-0.25, -0.2) is 4.98 Å². The number of amides is 1. The highest BCUT2D eigenvalue weighted by Gasteiger charge is 2.32. The number of rotatable bonds is 5. The van der Waals surface area contributed by atoms with Gasteiger partial charge in [0.15, 0.2) is 0 Å². The van der Waals surface area contributed by atoms with Crippen molar-refractivity contribution in [1.29, 1.82) is 0 Å². The number of hydrogen-bond donors (Lipinski definition) is 2. The topological polar surface area (TPSA) is 54.0 Å². The van der Waals surface area contributed by atoms with E-state index in [4.69, 9.17) is 11.6 Å². The minimum atomic E-state index is -4.58. The van der Waals surface area contributed by atoms with Gasteiger partial charge in [-0.3, -0.25) is 4.79 Å². The first kappa shape index (κ1) is 24.2. The predicted octanol–water partition coefficient (Wildman–Crippen LogP) is 6.17. The molecule has 1 aliphatic rings. The molecule has 0 bridgehead atoms. The van der Waals surface area contributed by atoms with Crippen LogP contribution in [0.5, 0.6) is 0 Å². The molecule has 0 unspecified atom stereocenters. The number of alkyl halides is 6. The summed E-state index contributed by atoms with van der Waals surface area (Å²) in [4.78, 5) is 16.3. The van der Waals surface area contributed by atoms with Crippen LogP contribution >= 0.6 is 11.6 Å². The average Bonchev–Trinajstić information content (AvgIpc) is 2.72. The molecule has 2 N–H and O–H groups in total. The Labute approximate surface area is 185 Å². The van der Waals surface area contributed by atoms with E-state index in [1.807, 2.05) is 0 Å². The van der Waals surface area contributed by atoms with Crippen molar-refractivity contribution >= 4 is 23.3 Å². The molecule has 2 aromatic rings. The van der Waals surface area contributed by atoms with Crippen LogP contribution in [-0.2, 0) is 12.4 Å². The van der Waals surface area contributed by atoms with E-state index in [9.17, 15) is 31.1 Å². The lowest BCUT2D eigenvalue weighted by atomic mass is 9.86. The number of carbonyl (C=O) groups is 1. The SMILES string of the molecule is O=C(NC1CCC(CNc2cc(C(F)(F)F)ccn2)CC1)c1cc(C(F)(F)F)ccc1Cl. The van der Waals surface area contributed by atoms with Gasteiger partial charge in [0.25, 0.3) is 5.91 Å².